The topological polar surface area (TPSA) is 52.2 Å². The monoisotopic (exact) mass is 460 g/mol. The van der Waals surface area contributed by atoms with Crippen LogP contribution in [0.25, 0.3) is 21.8 Å². The normalized spacial score (nSPS) is 12.6. The van der Waals surface area contributed by atoms with Gasteiger partial charge in [0, 0.05) is 33.1 Å². The highest BCUT2D eigenvalue weighted by atomic mass is 79.9. The highest BCUT2D eigenvalue weighted by Gasteiger charge is 2.16. The van der Waals surface area contributed by atoms with Crippen LogP contribution in [0.15, 0.2) is 63.0 Å². The van der Waals surface area contributed by atoms with Gasteiger partial charge >= 0.3 is 0 Å². The largest absolute Gasteiger partial charge is 0.335 e. The highest BCUT2D eigenvalue weighted by molar-refractivity contribution is 9.10. The van der Waals surface area contributed by atoms with E-state index in [-0.39, 0.29) is 11.5 Å². The quantitative estimate of drug-likeness (QED) is 0.305. The number of nitrogens with zero attached hydrogens (tertiary/aromatic N) is 4. The lowest BCUT2D eigenvalue weighted by Gasteiger charge is -2.13. The van der Waals surface area contributed by atoms with E-state index in [2.05, 4.69) is 40.8 Å². The fraction of sp³-hybridized carbons (Fsp3) is 0.208. The molecular formula is C24H21BrN4O. The second-order valence-electron chi connectivity index (χ2n) is 7.24. The molecule has 2 aromatic heterocycles. The molecule has 4 aromatic rings. The number of aromatic nitrogens is 3. The van der Waals surface area contributed by atoms with Gasteiger partial charge in [-0.3, -0.25) is 4.79 Å². The molecule has 6 heteroatoms. The molecule has 2 heterocycles. The van der Waals surface area contributed by atoms with Crippen molar-refractivity contribution >= 4 is 44.0 Å². The Morgan fingerprint density at radius 2 is 2.07 bits per heavy atom. The number of halogens is 1. The van der Waals surface area contributed by atoms with Crippen molar-refractivity contribution in [1.82, 2.24) is 14.2 Å². The first-order valence-corrected chi connectivity index (χ1v) is 10.6. The van der Waals surface area contributed by atoms with Gasteiger partial charge in [0.2, 0.25) is 0 Å². The molecule has 2 aromatic carbocycles. The van der Waals surface area contributed by atoms with E-state index < -0.39 is 0 Å². The number of hydrogen-bond acceptors (Lipinski definition) is 3. The van der Waals surface area contributed by atoms with Gasteiger partial charge < -0.3 is 4.57 Å². The van der Waals surface area contributed by atoms with Crippen LogP contribution in [-0.2, 0) is 6.54 Å². The van der Waals surface area contributed by atoms with Crippen molar-refractivity contribution in [3.63, 3.8) is 0 Å². The van der Waals surface area contributed by atoms with Gasteiger partial charge in [-0.15, -0.1) is 6.42 Å². The third kappa shape index (κ3) is 3.57. The van der Waals surface area contributed by atoms with Gasteiger partial charge in [-0.05, 0) is 30.7 Å². The van der Waals surface area contributed by atoms with Crippen molar-refractivity contribution in [3.05, 3.63) is 74.9 Å². The van der Waals surface area contributed by atoms with E-state index >= 15 is 0 Å². The highest BCUT2D eigenvalue weighted by Crippen LogP contribution is 2.22. The van der Waals surface area contributed by atoms with Gasteiger partial charge in [0.1, 0.15) is 5.82 Å². The van der Waals surface area contributed by atoms with Crippen LogP contribution in [0.1, 0.15) is 37.6 Å². The lowest BCUT2D eigenvalue weighted by Crippen LogP contribution is -2.23. The zero-order valence-electron chi connectivity index (χ0n) is 16.8. The Hall–Kier alpha value is -3.17. The van der Waals surface area contributed by atoms with E-state index in [0.29, 0.717) is 23.3 Å². The van der Waals surface area contributed by atoms with E-state index in [0.717, 1.165) is 27.4 Å². The summed E-state index contributed by atoms with van der Waals surface area (Å²) in [5, 5.41) is 6.15. The van der Waals surface area contributed by atoms with Gasteiger partial charge in [0.05, 0.1) is 23.7 Å². The maximum absolute atomic E-state index is 13.3. The molecule has 4 rings (SSSR count). The van der Waals surface area contributed by atoms with Crippen LogP contribution in [0, 0.1) is 12.3 Å². The standard InChI is InChI=1S/C24H21BrN4O/c1-4-12-28-15-17(19-8-6-7-9-22(19)28)14-26-29-23(16(3)5-2)27-21-11-10-18(25)13-20(21)24(29)30/h1,6-11,13-16H,5,12H2,2-3H3/t16-/m1/s1. The molecule has 0 saturated heterocycles. The Morgan fingerprint density at radius 1 is 1.27 bits per heavy atom. The molecule has 0 saturated carbocycles. The SMILES string of the molecule is C#CCn1cc(C=Nn2c([C@H](C)CC)nc3ccc(Br)cc3c2=O)c2ccccc21. The van der Waals surface area contributed by atoms with Gasteiger partial charge in [-0.1, -0.05) is 53.9 Å². The summed E-state index contributed by atoms with van der Waals surface area (Å²) in [6, 6.07) is 13.5. The molecule has 5 nitrogen and oxygen atoms in total. The summed E-state index contributed by atoms with van der Waals surface area (Å²) in [6.07, 6.45) is 10.1. The average molecular weight is 461 g/mol. The summed E-state index contributed by atoms with van der Waals surface area (Å²) >= 11 is 3.44. The molecule has 0 fully saturated rings. The number of para-hydroxylation sites is 1. The van der Waals surface area contributed by atoms with Crippen LogP contribution in [0.2, 0.25) is 0 Å². The molecular weight excluding hydrogens is 440 g/mol. The molecule has 0 unspecified atom stereocenters. The van der Waals surface area contributed by atoms with Crippen LogP contribution >= 0.6 is 15.9 Å². The summed E-state index contributed by atoms with van der Waals surface area (Å²) in [5.41, 5.74) is 2.43. The minimum absolute atomic E-state index is 0.0886. The summed E-state index contributed by atoms with van der Waals surface area (Å²) < 4.78 is 4.26. The third-order valence-electron chi connectivity index (χ3n) is 5.28. The Morgan fingerprint density at radius 3 is 2.83 bits per heavy atom. The van der Waals surface area contributed by atoms with Crippen molar-refractivity contribution in [2.45, 2.75) is 32.7 Å². The number of terminal acetylenes is 1. The first-order chi connectivity index (χ1) is 14.5. The zero-order valence-corrected chi connectivity index (χ0v) is 18.4. The van der Waals surface area contributed by atoms with Gasteiger partial charge in [0.15, 0.2) is 0 Å². The number of fused-ring (bicyclic) bond motifs is 2. The maximum atomic E-state index is 13.3. The zero-order chi connectivity index (χ0) is 21.3. The Bertz CT molecular complexity index is 1370. The van der Waals surface area contributed by atoms with E-state index in [1.165, 1.54) is 4.68 Å². The summed E-state index contributed by atoms with van der Waals surface area (Å²) in [4.78, 5) is 18.0. The van der Waals surface area contributed by atoms with Crippen LogP contribution in [0.5, 0.6) is 0 Å². The Balaban J connectivity index is 1.91. The third-order valence-corrected chi connectivity index (χ3v) is 5.77. The van der Waals surface area contributed by atoms with Gasteiger partial charge in [-0.2, -0.15) is 9.78 Å². The second kappa shape index (κ2) is 8.29. The second-order valence-corrected chi connectivity index (χ2v) is 8.15. The maximum Gasteiger partial charge on any atom is 0.282 e. The Labute approximate surface area is 183 Å². The molecule has 0 amide bonds. The summed E-state index contributed by atoms with van der Waals surface area (Å²) in [6.45, 7) is 4.60. The van der Waals surface area contributed by atoms with Crippen molar-refractivity contribution in [2.75, 3.05) is 0 Å². The van der Waals surface area contributed by atoms with Crippen molar-refractivity contribution in [1.29, 1.82) is 0 Å². The van der Waals surface area contributed by atoms with Crippen LogP contribution < -0.4 is 5.56 Å². The lowest BCUT2D eigenvalue weighted by molar-refractivity contribution is 0.613. The number of rotatable bonds is 5. The van der Waals surface area contributed by atoms with Crippen molar-refractivity contribution < 1.29 is 0 Å². The van der Waals surface area contributed by atoms with Gasteiger partial charge in [0.25, 0.3) is 5.56 Å². The van der Waals surface area contributed by atoms with E-state index in [1.54, 1.807) is 12.3 Å². The molecule has 0 aliphatic heterocycles. The molecule has 1 atom stereocenters. The van der Waals surface area contributed by atoms with Gasteiger partial charge in [-0.25, -0.2) is 4.98 Å². The minimum atomic E-state index is -0.180. The predicted molar refractivity (Wildman–Crippen MR) is 126 cm³/mol. The van der Waals surface area contributed by atoms with E-state index in [9.17, 15) is 4.79 Å². The average Bonchev–Trinajstić information content (AvgIpc) is 3.11. The Kier molecular flexibility index (Phi) is 5.56. The van der Waals surface area contributed by atoms with E-state index in [1.807, 2.05) is 47.2 Å². The lowest BCUT2D eigenvalue weighted by atomic mass is 10.1. The molecule has 150 valence electrons. The van der Waals surface area contributed by atoms with Crippen molar-refractivity contribution in [2.24, 2.45) is 5.10 Å². The fourth-order valence-corrected chi connectivity index (χ4v) is 3.87. The fourth-order valence-electron chi connectivity index (χ4n) is 3.51. The summed E-state index contributed by atoms with van der Waals surface area (Å²) in [5.74, 6) is 3.42. The summed E-state index contributed by atoms with van der Waals surface area (Å²) in [7, 11) is 0. The van der Waals surface area contributed by atoms with Crippen LogP contribution in [-0.4, -0.2) is 20.4 Å². The predicted octanol–water partition coefficient (Wildman–Crippen LogP) is 5.14. The molecule has 0 radical (unpaired) electrons. The molecule has 0 aliphatic rings. The first-order valence-electron chi connectivity index (χ1n) is 9.81. The van der Waals surface area contributed by atoms with E-state index in [4.69, 9.17) is 11.4 Å². The molecule has 0 bridgehead atoms. The molecule has 0 aliphatic carbocycles. The minimum Gasteiger partial charge on any atom is -0.335 e. The molecule has 0 spiro atoms. The first kappa shape index (κ1) is 20.1. The van der Waals surface area contributed by atoms with Crippen LogP contribution in [0.4, 0.5) is 0 Å². The van der Waals surface area contributed by atoms with Crippen molar-refractivity contribution in [3.8, 4) is 12.3 Å². The number of benzene rings is 2. The molecule has 30 heavy (non-hydrogen) atoms. The smallest absolute Gasteiger partial charge is 0.282 e. The number of hydrogen-bond donors (Lipinski definition) is 0. The molecule has 0 N–H and O–H groups in total. The van der Waals surface area contributed by atoms with Crippen LogP contribution in [0.3, 0.4) is 0 Å².